The van der Waals surface area contributed by atoms with Crippen molar-refractivity contribution >= 4 is 29.0 Å². The van der Waals surface area contributed by atoms with E-state index >= 15 is 0 Å². The smallest absolute Gasteiger partial charge is 0.189 e. The molecule has 0 aliphatic carbocycles. The minimum Gasteiger partial charge on any atom is -0.381 e. The van der Waals surface area contributed by atoms with Gasteiger partial charge in [0.2, 0.25) is 0 Å². The first-order valence-electron chi connectivity index (χ1n) is 4.64. The van der Waals surface area contributed by atoms with Gasteiger partial charge in [-0.15, -0.1) is 0 Å². The summed E-state index contributed by atoms with van der Waals surface area (Å²) in [6, 6.07) is 0.0277. The van der Waals surface area contributed by atoms with Gasteiger partial charge in [-0.25, -0.2) is 9.97 Å². The Bertz CT molecular complexity index is 434. The summed E-state index contributed by atoms with van der Waals surface area (Å²) in [5.41, 5.74) is 5.79. The quantitative estimate of drug-likeness (QED) is 0.698. The number of fused-ring (bicyclic) bond motifs is 1. The van der Waals surface area contributed by atoms with E-state index in [0.717, 1.165) is 0 Å². The molecule has 0 bridgehead atoms. The zero-order valence-corrected chi connectivity index (χ0v) is 9.17. The molecule has 5 nitrogen and oxygen atoms in total. The number of nitrogens with two attached hydrogens (primary N) is 1. The van der Waals surface area contributed by atoms with E-state index in [-0.39, 0.29) is 34.4 Å². The Labute approximate surface area is 92.0 Å². The maximum Gasteiger partial charge on any atom is 0.189 e. The van der Waals surface area contributed by atoms with Gasteiger partial charge in [0, 0.05) is 12.0 Å². The number of carbonyl (C=O) groups is 1. The fourth-order valence-corrected chi connectivity index (χ4v) is 1.61. The van der Waals surface area contributed by atoms with Crippen LogP contribution in [0.15, 0.2) is 0 Å². The summed E-state index contributed by atoms with van der Waals surface area (Å²) in [5, 5.41) is 3.15. The maximum atomic E-state index is 11.8. The molecule has 80 valence electrons. The number of halogens is 1. The first kappa shape index (κ1) is 10.2. The second-order valence-corrected chi connectivity index (χ2v) is 4.04. The van der Waals surface area contributed by atoms with Gasteiger partial charge in [0.25, 0.3) is 0 Å². The molecule has 0 aromatic carbocycles. The molecule has 0 spiro atoms. The standard InChI is InChI=1S/C9H11ClN4O/c1-3-4(2)12-9-5(6(3)15)13-7(10)8(11)14-9/h3-4H,1-2H3,(H3,11,12,14). The van der Waals surface area contributed by atoms with Gasteiger partial charge in [-0.1, -0.05) is 18.5 Å². The van der Waals surface area contributed by atoms with Gasteiger partial charge < -0.3 is 11.1 Å². The molecule has 2 rings (SSSR count). The van der Waals surface area contributed by atoms with Crippen LogP contribution < -0.4 is 11.1 Å². The fourth-order valence-electron chi connectivity index (χ4n) is 1.48. The Morgan fingerprint density at radius 1 is 1.40 bits per heavy atom. The third kappa shape index (κ3) is 1.52. The monoisotopic (exact) mass is 226 g/mol. The number of nitrogens with zero attached hydrogens (tertiary/aromatic N) is 2. The summed E-state index contributed by atoms with van der Waals surface area (Å²) in [7, 11) is 0. The van der Waals surface area contributed by atoms with Crippen molar-refractivity contribution in [2.45, 2.75) is 19.9 Å². The van der Waals surface area contributed by atoms with Crippen LogP contribution in [-0.4, -0.2) is 21.8 Å². The minimum absolute atomic E-state index is 0.0277. The molecule has 0 radical (unpaired) electrons. The normalized spacial score (nSPS) is 24.6. The lowest BCUT2D eigenvalue weighted by molar-refractivity contribution is 0.0909. The van der Waals surface area contributed by atoms with Crippen LogP contribution in [0.25, 0.3) is 0 Å². The highest BCUT2D eigenvalue weighted by Crippen LogP contribution is 2.28. The summed E-state index contributed by atoms with van der Waals surface area (Å²) in [4.78, 5) is 19.8. The van der Waals surface area contributed by atoms with E-state index < -0.39 is 0 Å². The highest BCUT2D eigenvalue weighted by atomic mass is 35.5. The zero-order chi connectivity index (χ0) is 11.2. The Hall–Kier alpha value is -1.36. The van der Waals surface area contributed by atoms with Gasteiger partial charge in [-0.3, -0.25) is 4.79 Å². The lowest BCUT2D eigenvalue weighted by Gasteiger charge is -2.27. The number of nitrogens with one attached hydrogen (secondary N) is 1. The van der Waals surface area contributed by atoms with Crippen molar-refractivity contribution in [3.05, 3.63) is 10.8 Å². The zero-order valence-electron chi connectivity index (χ0n) is 8.41. The molecule has 1 aliphatic rings. The molecular weight excluding hydrogens is 216 g/mol. The molecule has 0 saturated heterocycles. The van der Waals surface area contributed by atoms with Gasteiger partial charge >= 0.3 is 0 Å². The number of hydrogen-bond acceptors (Lipinski definition) is 5. The Morgan fingerprint density at radius 3 is 2.73 bits per heavy atom. The van der Waals surface area contributed by atoms with Crippen LogP contribution in [0.2, 0.25) is 5.15 Å². The Morgan fingerprint density at radius 2 is 2.07 bits per heavy atom. The average molecular weight is 227 g/mol. The van der Waals surface area contributed by atoms with Crippen molar-refractivity contribution in [1.82, 2.24) is 9.97 Å². The fraction of sp³-hybridized carbons (Fsp3) is 0.444. The average Bonchev–Trinajstić information content (AvgIpc) is 2.19. The van der Waals surface area contributed by atoms with E-state index in [1.165, 1.54) is 0 Å². The minimum atomic E-state index is -0.133. The van der Waals surface area contributed by atoms with E-state index in [1.54, 1.807) is 0 Å². The van der Waals surface area contributed by atoms with E-state index in [2.05, 4.69) is 15.3 Å². The number of ketones is 1. The number of rotatable bonds is 0. The summed E-state index contributed by atoms with van der Waals surface area (Å²) in [6.45, 7) is 3.76. The topological polar surface area (TPSA) is 80.9 Å². The SMILES string of the molecule is CC1Nc2nc(N)c(Cl)nc2C(=O)C1C. The van der Waals surface area contributed by atoms with Crippen molar-refractivity contribution in [1.29, 1.82) is 0 Å². The van der Waals surface area contributed by atoms with Gasteiger partial charge in [-0.05, 0) is 6.92 Å². The summed E-state index contributed by atoms with van der Waals surface area (Å²) >= 11 is 5.72. The summed E-state index contributed by atoms with van der Waals surface area (Å²) in [5.74, 6) is 0.377. The van der Waals surface area contributed by atoms with Crippen molar-refractivity contribution in [3.63, 3.8) is 0 Å². The lowest BCUT2D eigenvalue weighted by Crippen LogP contribution is -2.37. The lowest BCUT2D eigenvalue weighted by atomic mass is 9.93. The second kappa shape index (κ2) is 3.34. The molecule has 1 aromatic heterocycles. The van der Waals surface area contributed by atoms with E-state index in [9.17, 15) is 4.79 Å². The van der Waals surface area contributed by atoms with Crippen LogP contribution in [0.5, 0.6) is 0 Å². The van der Waals surface area contributed by atoms with Gasteiger partial charge in [0.15, 0.2) is 28.3 Å². The highest BCUT2D eigenvalue weighted by molar-refractivity contribution is 6.31. The van der Waals surface area contributed by atoms with Crippen LogP contribution in [0.4, 0.5) is 11.6 Å². The van der Waals surface area contributed by atoms with Crippen molar-refractivity contribution in [3.8, 4) is 0 Å². The molecule has 0 fully saturated rings. The largest absolute Gasteiger partial charge is 0.381 e. The number of nitrogen functional groups attached to an aromatic ring is 1. The molecular formula is C9H11ClN4O. The summed E-state index contributed by atoms with van der Waals surface area (Å²) < 4.78 is 0. The van der Waals surface area contributed by atoms with E-state index in [0.29, 0.717) is 5.82 Å². The number of Topliss-reactive ketones (excluding diaryl/α,β-unsaturated/α-hetero) is 1. The van der Waals surface area contributed by atoms with E-state index in [4.69, 9.17) is 17.3 Å². The maximum absolute atomic E-state index is 11.8. The van der Waals surface area contributed by atoms with Crippen molar-refractivity contribution < 1.29 is 4.79 Å². The molecule has 6 heteroatoms. The Balaban J connectivity index is 2.56. The summed E-state index contributed by atoms with van der Waals surface area (Å²) in [6.07, 6.45) is 0. The van der Waals surface area contributed by atoms with Gasteiger partial charge in [0.1, 0.15) is 0 Å². The van der Waals surface area contributed by atoms with Gasteiger partial charge in [0.05, 0.1) is 0 Å². The predicted molar refractivity (Wildman–Crippen MR) is 58.0 cm³/mol. The third-order valence-electron chi connectivity index (χ3n) is 2.64. The van der Waals surface area contributed by atoms with Crippen molar-refractivity contribution in [2.24, 2.45) is 5.92 Å². The molecule has 15 heavy (non-hydrogen) atoms. The molecule has 0 saturated carbocycles. The van der Waals surface area contributed by atoms with Crippen LogP contribution in [0, 0.1) is 5.92 Å². The first-order chi connectivity index (χ1) is 7.00. The molecule has 2 heterocycles. The van der Waals surface area contributed by atoms with E-state index in [1.807, 2.05) is 13.8 Å². The van der Waals surface area contributed by atoms with Crippen LogP contribution in [0.3, 0.4) is 0 Å². The van der Waals surface area contributed by atoms with Crippen LogP contribution in [-0.2, 0) is 0 Å². The van der Waals surface area contributed by atoms with Gasteiger partial charge in [-0.2, -0.15) is 0 Å². The Kier molecular flexibility index (Phi) is 2.26. The molecule has 1 aliphatic heterocycles. The molecule has 2 atom stereocenters. The number of aromatic nitrogens is 2. The van der Waals surface area contributed by atoms with Crippen LogP contribution in [0.1, 0.15) is 24.3 Å². The molecule has 1 aromatic rings. The van der Waals surface area contributed by atoms with Crippen LogP contribution >= 0.6 is 11.6 Å². The number of hydrogen-bond donors (Lipinski definition) is 2. The second-order valence-electron chi connectivity index (χ2n) is 3.68. The highest BCUT2D eigenvalue weighted by Gasteiger charge is 2.32. The molecule has 3 N–H and O–H groups in total. The number of anilines is 2. The first-order valence-corrected chi connectivity index (χ1v) is 5.02. The third-order valence-corrected chi connectivity index (χ3v) is 2.92. The van der Waals surface area contributed by atoms with Crippen molar-refractivity contribution in [2.75, 3.05) is 11.1 Å². The predicted octanol–water partition coefficient (Wildman–Crippen LogP) is 1.34. The molecule has 0 amide bonds. The molecule has 2 unspecified atom stereocenters. The number of carbonyl (C=O) groups excluding carboxylic acids is 1.